The van der Waals surface area contributed by atoms with Crippen molar-refractivity contribution in [1.82, 2.24) is 0 Å². The summed E-state index contributed by atoms with van der Waals surface area (Å²) in [4.78, 5) is 19.5. The normalized spacial score (nSPS) is 11.4. The highest BCUT2D eigenvalue weighted by atomic mass is 16.6. The van der Waals surface area contributed by atoms with Crippen LogP contribution >= 0.6 is 0 Å². The maximum atomic E-state index is 14.5. The summed E-state index contributed by atoms with van der Waals surface area (Å²) < 4.78 is 46.0. The molecule has 0 aliphatic carbocycles. The molecule has 0 aliphatic rings. The molecule has 0 atom stereocenters. The van der Waals surface area contributed by atoms with Gasteiger partial charge in [-0.05, 0) is 74.9 Å². The summed E-state index contributed by atoms with van der Waals surface area (Å²) in [5, 5.41) is 11.2. The smallest absolute Gasteiger partial charge is 0.343 e. The van der Waals surface area contributed by atoms with Crippen LogP contribution in [0.3, 0.4) is 0 Å². The summed E-state index contributed by atoms with van der Waals surface area (Å²) in [6, 6.07) is 12.2. The third-order valence-electron chi connectivity index (χ3n) is 17.3. The largest absolute Gasteiger partial charge is 0.508 e. The second-order valence-corrected chi connectivity index (χ2v) is 25.9. The number of esters is 1. The zero-order valence-electron chi connectivity index (χ0n) is 59.0. The van der Waals surface area contributed by atoms with E-state index >= 15 is 0 Å². The van der Waals surface area contributed by atoms with Gasteiger partial charge in [0.2, 0.25) is 11.5 Å². The number of rotatable bonds is 64. The van der Waals surface area contributed by atoms with Crippen molar-refractivity contribution < 1.29 is 43.1 Å². The van der Waals surface area contributed by atoms with Gasteiger partial charge in [-0.25, -0.2) is 4.79 Å². The fraction of sp³-hybridized carbons (Fsp3) is 0.750. The van der Waals surface area contributed by atoms with Gasteiger partial charge in [-0.15, -0.1) is 0 Å². The molecule has 90 heavy (non-hydrogen) atoms. The van der Waals surface area contributed by atoms with Crippen molar-refractivity contribution in [2.45, 2.75) is 350 Å². The van der Waals surface area contributed by atoms with Gasteiger partial charge in [0.15, 0.2) is 23.0 Å². The van der Waals surface area contributed by atoms with E-state index in [4.69, 9.17) is 38.2 Å². The number of hydrogen-bond acceptors (Lipinski definition) is 10. The van der Waals surface area contributed by atoms with Crippen molar-refractivity contribution in [1.29, 1.82) is 0 Å². The zero-order chi connectivity index (χ0) is 64.4. The monoisotopic (exact) mass is 1250 g/mol. The van der Waals surface area contributed by atoms with Gasteiger partial charge in [0.25, 0.3) is 0 Å². The van der Waals surface area contributed by atoms with Crippen LogP contribution in [0.15, 0.2) is 47.5 Å². The van der Waals surface area contributed by atoms with Crippen LogP contribution in [0.4, 0.5) is 5.69 Å². The molecule has 514 valence electrons. The molecular formula is C80H135NO9. The molecule has 0 bridgehead atoms. The minimum absolute atomic E-state index is 0.0551. The number of unbranched alkanes of at least 4 members (excludes halogenated alkanes) is 42. The molecule has 0 unspecified atom stereocenters. The first-order chi connectivity index (χ1) is 44.4. The standard InChI is InChI=1S/C80H135NO9/c1-7-13-19-25-31-37-43-49-57-84-74-56-55-73(77(87-60-52-46-40-34-28-22-16-10-4)79(74)89-62-54-48-42-36-30-24-18-12-6)81-68-69-63-71(82)67-72(64-69)90-80(83)70-65-75(85-58-50-44-38-32-26-20-14-8-2)78(88-61-53-47-41-35-29-23-17-11-5)76(66-70)86-59-51-45-39-33-27-21-15-9-3/h55-56,63-68,82H,7-54,57-62H2,1-6H3. The van der Waals surface area contributed by atoms with Gasteiger partial charge in [0, 0.05) is 17.8 Å². The van der Waals surface area contributed by atoms with Crippen molar-refractivity contribution in [3.05, 3.63) is 53.6 Å². The van der Waals surface area contributed by atoms with Crippen LogP contribution in [-0.4, -0.2) is 56.9 Å². The highest BCUT2D eigenvalue weighted by molar-refractivity contribution is 5.93. The molecule has 0 aliphatic heterocycles. The van der Waals surface area contributed by atoms with Gasteiger partial charge in [-0.1, -0.05) is 311 Å². The molecule has 0 heterocycles. The highest BCUT2D eigenvalue weighted by Gasteiger charge is 2.22. The van der Waals surface area contributed by atoms with Crippen molar-refractivity contribution in [2.75, 3.05) is 39.6 Å². The van der Waals surface area contributed by atoms with Gasteiger partial charge in [0.1, 0.15) is 17.2 Å². The van der Waals surface area contributed by atoms with Crippen molar-refractivity contribution in [3.63, 3.8) is 0 Å². The zero-order valence-corrected chi connectivity index (χ0v) is 59.0. The maximum absolute atomic E-state index is 14.5. The second kappa shape index (κ2) is 57.1. The van der Waals surface area contributed by atoms with Crippen LogP contribution < -0.4 is 33.2 Å². The van der Waals surface area contributed by atoms with Gasteiger partial charge in [-0.2, -0.15) is 0 Å². The molecular weight excluding hydrogens is 1120 g/mol. The number of nitrogens with zero attached hydrogens (tertiary/aromatic N) is 1. The number of phenolic OH excluding ortho intramolecular Hbond substituents is 1. The number of carbonyl (C=O) groups is 1. The van der Waals surface area contributed by atoms with Gasteiger partial charge in [0.05, 0.1) is 45.2 Å². The summed E-state index contributed by atoms with van der Waals surface area (Å²) in [6.45, 7) is 16.8. The first kappa shape index (κ1) is 79.6. The van der Waals surface area contributed by atoms with E-state index in [2.05, 4.69) is 41.5 Å². The van der Waals surface area contributed by atoms with Crippen molar-refractivity contribution >= 4 is 17.9 Å². The minimum atomic E-state index is -0.593. The summed E-state index contributed by atoms with van der Waals surface area (Å²) in [7, 11) is 0. The molecule has 0 radical (unpaired) electrons. The lowest BCUT2D eigenvalue weighted by Gasteiger charge is -2.19. The highest BCUT2D eigenvalue weighted by Crippen LogP contribution is 2.46. The van der Waals surface area contributed by atoms with Crippen molar-refractivity contribution in [3.8, 4) is 46.0 Å². The van der Waals surface area contributed by atoms with Crippen LogP contribution in [-0.2, 0) is 0 Å². The van der Waals surface area contributed by atoms with E-state index in [1.165, 1.54) is 237 Å². The molecule has 0 aromatic heterocycles. The lowest BCUT2D eigenvalue weighted by Crippen LogP contribution is -2.12. The molecule has 0 fully saturated rings. The maximum Gasteiger partial charge on any atom is 0.343 e. The number of benzene rings is 3. The summed E-state index contributed by atoms with van der Waals surface area (Å²) in [5.41, 5.74) is 1.44. The van der Waals surface area contributed by atoms with E-state index in [0.29, 0.717) is 85.4 Å². The second-order valence-electron chi connectivity index (χ2n) is 25.9. The van der Waals surface area contributed by atoms with Crippen LogP contribution in [0, 0.1) is 0 Å². The fourth-order valence-corrected chi connectivity index (χ4v) is 11.6. The molecule has 0 amide bonds. The van der Waals surface area contributed by atoms with E-state index < -0.39 is 5.97 Å². The van der Waals surface area contributed by atoms with Gasteiger partial charge >= 0.3 is 5.97 Å². The summed E-state index contributed by atoms with van der Waals surface area (Å²) >= 11 is 0. The molecule has 3 rings (SSSR count). The lowest BCUT2D eigenvalue weighted by atomic mass is 10.1. The Morgan fingerprint density at radius 3 is 0.989 bits per heavy atom. The first-order valence-electron chi connectivity index (χ1n) is 38.1. The lowest BCUT2D eigenvalue weighted by molar-refractivity contribution is 0.0733. The first-order valence-corrected chi connectivity index (χ1v) is 38.1. The van der Waals surface area contributed by atoms with Crippen molar-refractivity contribution in [2.24, 2.45) is 4.99 Å². The Morgan fingerprint density at radius 2 is 0.633 bits per heavy atom. The molecule has 3 aromatic carbocycles. The van der Waals surface area contributed by atoms with Crippen LogP contribution in [0.5, 0.6) is 46.0 Å². The predicted molar refractivity (Wildman–Crippen MR) is 382 cm³/mol. The average Bonchev–Trinajstić information content (AvgIpc) is 1.41. The summed E-state index contributed by atoms with van der Waals surface area (Å²) in [5.74, 6) is 2.93. The Bertz CT molecular complexity index is 2150. The topological polar surface area (TPSA) is 114 Å². The third-order valence-corrected chi connectivity index (χ3v) is 17.3. The Morgan fingerprint density at radius 1 is 0.333 bits per heavy atom. The molecule has 0 saturated carbocycles. The Kier molecular flexibility index (Phi) is 50.5. The SMILES string of the molecule is CCCCCCCCCCOc1cc(C(=O)Oc2cc(O)cc(C=Nc3ccc(OCCCCCCCCCC)c(OCCCCCCCCCC)c3OCCCCCCCCCC)c2)cc(OCCCCCCCCCC)c1OCCCCCCCCCC. The molecule has 0 saturated heterocycles. The molecule has 10 heteroatoms. The number of phenols is 1. The van der Waals surface area contributed by atoms with Crippen LogP contribution in [0.2, 0.25) is 0 Å². The Hall–Kier alpha value is -4.60. The third kappa shape index (κ3) is 39.7. The predicted octanol–water partition coefficient (Wildman–Crippen LogP) is 25.5. The van der Waals surface area contributed by atoms with Gasteiger partial charge in [-0.3, -0.25) is 4.99 Å². The molecule has 1 N–H and O–H groups in total. The quantitative estimate of drug-likeness (QED) is 0.0255. The van der Waals surface area contributed by atoms with Crippen LogP contribution in [0.25, 0.3) is 0 Å². The number of aliphatic imine (C=N–C) groups is 1. The van der Waals surface area contributed by atoms with E-state index in [9.17, 15) is 9.90 Å². The number of aromatic hydroxyl groups is 1. The number of ether oxygens (including phenoxy) is 7. The van der Waals surface area contributed by atoms with Crippen LogP contribution in [0.1, 0.15) is 366 Å². The van der Waals surface area contributed by atoms with Gasteiger partial charge < -0.3 is 38.3 Å². The van der Waals surface area contributed by atoms with E-state index in [1.54, 1.807) is 30.5 Å². The van der Waals surface area contributed by atoms with E-state index in [-0.39, 0.29) is 17.1 Å². The molecule has 3 aromatic rings. The molecule has 10 nitrogen and oxygen atoms in total. The van der Waals surface area contributed by atoms with E-state index in [0.717, 1.165) is 77.0 Å². The fourth-order valence-electron chi connectivity index (χ4n) is 11.6. The summed E-state index contributed by atoms with van der Waals surface area (Å²) in [6.07, 6.45) is 59.4. The average molecular weight is 1250 g/mol. The molecule has 0 spiro atoms. The number of carbonyl (C=O) groups excluding carboxylic acids is 1. The Balaban J connectivity index is 1.96. The number of hydrogen-bond donors (Lipinski definition) is 1. The van der Waals surface area contributed by atoms with E-state index in [1.807, 2.05) is 12.1 Å². The Labute approximate surface area is 552 Å². The minimum Gasteiger partial charge on any atom is -0.508 e.